The zero-order valence-corrected chi connectivity index (χ0v) is 18.5. The minimum atomic E-state index is -0.329. The normalized spacial score (nSPS) is 11.7. The third-order valence-electron chi connectivity index (χ3n) is 4.19. The highest BCUT2D eigenvalue weighted by Crippen LogP contribution is 2.27. The minimum Gasteiger partial charge on any atom is -0.494 e. The highest BCUT2D eigenvalue weighted by molar-refractivity contribution is 8.00. The maximum Gasteiger partial charge on any atom is 0.233 e. The summed E-state index contributed by atoms with van der Waals surface area (Å²) >= 11 is 7.36. The molecule has 0 radical (unpaired) electrons. The van der Waals surface area contributed by atoms with E-state index in [-0.39, 0.29) is 17.8 Å². The first-order valence-electron chi connectivity index (χ1n) is 9.46. The third-order valence-corrected chi connectivity index (χ3v) is 5.48. The quantitative estimate of drug-likeness (QED) is 0.498. The molecule has 0 spiro atoms. The number of halogens is 1. The summed E-state index contributed by atoms with van der Waals surface area (Å²) in [5, 5.41) is 12.1. The Morgan fingerprint density at radius 1 is 1.10 bits per heavy atom. The van der Waals surface area contributed by atoms with E-state index < -0.39 is 0 Å². The highest BCUT2D eigenvalue weighted by Gasteiger charge is 2.20. The fourth-order valence-corrected chi connectivity index (χ4v) is 3.75. The summed E-state index contributed by atoms with van der Waals surface area (Å²) in [6, 6.07) is 14.7. The lowest BCUT2D eigenvalue weighted by molar-refractivity contribution is -0.119. The topological polar surface area (TPSA) is 78.3 Å². The molecule has 0 aliphatic rings. The first kappa shape index (κ1) is 22.0. The van der Waals surface area contributed by atoms with Gasteiger partial charge in [-0.2, -0.15) is 0 Å². The zero-order chi connectivity index (χ0) is 21.5. The second kappa shape index (κ2) is 10.4. The van der Waals surface area contributed by atoms with Crippen molar-refractivity contribution in [2.24, 2.45) is 0 Å². The fourth-order valence-electron chi connectivity index (χ4n) is 2.68. The van der Waals surface area contributed by atoms with Crippen molar-refractivity contribution in [2.75, 3.05) is 13.7 Å². The Balaban J connectivity index is 1.84. The van der Waals surface area contributed by atoms with E-state index >= 15 is 0 Å². The van der Waals surface area contributed by atoms with Gasteiger partial charge < -0.3 is 14.8 Å². The third kappa shape index (κ3) is 5.46. The number of nitrogens with zero attached hydrogens (tertiary/aromatic N) is 3. The molecule has 9 heteroatoms. The number of amides is 1. The summed E-state index contributed by atoms with van der Waals surface area (Å²) in [4.78, 5) is 12.0. The van der Waals surface area contributed by atoms with Crippen LogP contribution in [0.2, 0.25) is 5.02 Å². The van der Waals surface area contributed by atoms with E-state index in [1.165, 1.54) is 11.8 Å². The van der Waals surface area contributed by atoms with Crippen molar-refractivity contribution < 1.29 is 14.3 Å². The summed E-state index contributed by atoms with van der Waals surface area (Å²) < 4.78 is 13.2. The van der Waals surface area contributed by atoms with E-state index in [1.54, 1.807) is 19.2 Å². The fraction of sp³-hybridized carbons (Fsp3) is 0.286. The summed E-state index contributed by atoms with van der Waals surface area (Å²) in [6.07, 6.45) is 0. The van der Waals surface area contributed by atoms with Gasteiger partial charge in [0.2, 0.25) is 5.91 Å². The molecule has 0 bridgehead atoms. The molecule has 158 valence electrons. The van der Waals surface area contributed by atoms with Gasteiger partial charge in [-0.05, 0) is 62.4 Å². The van der Waals surface area contributed by atoms with E-state index in [1.807, 2.05) is 54.8 Å². The zero-order valence-electron chi connectivity index (χ0n) is 17.0. The minimum absolute atomic E-state index is 0.0853. The molecule has 1 unspecified atom stereocenters. The van der Waals surface area contributed by atoms with Crippen LogP contribution in [0.5, 0.6) is 11.5 Å². The molecule has 0 fully saturated rings. The predicted molar refractivity (Wildman–Crippen MR) is 118 cm³/mol. The maximum atomic E-state index is 12.0. The van der Waals surface area contributed by atoms with Crippen LogP contribution in [0.3, 0.4) is 0 Å². The Hall–Kier alpha value is -2.71. The number of nitrogens with one attached hydrogen (secondary N) is 1. The van der Waals surface area contributed by atoms with Crippen LogP contribution in [0.4, 0.5) is 0 Å². The average Bonchev–Trinajstić information content (AvgIpc) is 3.15. The van der Waals surface area contributed by atoms with E-state index in [4.69, 9.17) is 21.1 Å². The van der Waals surface area contributed by atoms with Crippen LogP contribution in [0, 0.1) is 0 Å². The van der Waals surface area contributed by atoms with Crippen LogP contribution in [0.15, 0.2) is 53.7 Å². The first-order chi connectivity index (χ1) is 14.5. The molecule has 2 aromatic carbocycles. The molecule has 0 saturated carbocycles. The van der Waals surface area contributed by atoms with Crippen molar-refractivity contribution in [1.29, 1.82) is 0 Å². The number of rotatable bonds is 9. The van der Waals surface area contributed by atoms with E-state index in [2.05, 4.69) is 15.5 Å². The van der Waals surface area contributed by atoms with Gasteiger partial charge in [0.15, 0.2) is 11.0 Å². The second-order valence-corrected chi connectivity index (χ2v) is 8.02. The number of ether oxygens (including phenoxy) is 2. The van der Waals surface area contributed by atoms with Gasteiger partial charge in [0.1, 0.15) is 18.1 Å². The van der Waals surface area contributed by atoms with Crippen molar-refractivity contribution in [2.45, 2.75) is 30.9 Å². The van der Waals surface area contributed by atoms with Crippen LogP contribution in [-0.4, -0.2) is 39.6 Å². The van der Waals surface area contributed by atoms with Crippen LogP contribution < -0.4 is 14.8 Å². The number of aromatic nitrogens is 3. The number of carbonyl (C=O) groups is 1. The second-order valence-electron chi connectivity index (χ2n) is 6.28. The van der Waals surface area contributed by atoms with E-state index in [0.717, 1.165) is 11.4 Å². The molecular formula is C21H23ClN4O3S. The Bertz CT molecular complexity index is 977. The summed E-state index contributed by atoms with van der Waals surface area (Å²) in [7, 11) is 1.61. The van der Waals surface area contributed by atoms with Gasteiger partial charge >= 0.3 is 0 Å². The maximum absolute atomic E-state index is 12.0. The predicted octanol–water partition coefficient (Wildman–Crippen LogP) is 4.13. The molecule has 1 N–H and O–H groups in total. The van der Waals surface area contributed by atoms with Gasteiger partial charge in [-0.3, -0.25) is 9.36 Å². The Morgan fingerprint density at radius 3 is 2.33 bits per heavy atom. The van der Waals surface area contributed by atoms with Crippen molar-refractivity contribution in [3.05, 3.63) is 59.4 Å². The van der Waals surface area contributed by atoms with Crippen molar-refractivity contribution >= 4 is 29.3 Å². The van der Waals surface area contributed by atoms with E-state index in [0.29, 0.717) is 28.4 Å². The Kier molecular flexibility index (Phi) is 7.59. The van der Waals surface area contributed by atoms with Gasteiger partial charge in [0, 0.05) is 17.8 Å². The number of carbonyl (C=O) groups excluding carboxylic acids is 1. The van der Waals surface area contributed by atoms with Gasteiger partial charge in [0.25, 0.3) is 0 Å². The Labute approximate surface area is 184 Å². The molecule has 0 saturated heterocycles. The van der Waals surface area contributed by atoms with Gasteiger partial charge in [-0.1, -0.05) is 23.4 Å². The Morgan fingerprint density at radius 2 is 1.73 bits per heavy atom. The van der Waals surface area contributed by atoms with Crippen LogP contribution in [0.1, 0.15) is 19.7 Å². The molecule has 1 amide bonds. The summed E-state index contributed by atoms with van der Waals surface area (Å²) in [6.45, 7) is 4.58. The van der Waals surface area contributed by atoms with Gasteiger partial charge in [-0.25, -0.2) is 0 Å². The number of hydrogen-bond donors (Lipinski definition) is 1. The molecule has 0 aliphatic carbocycles. The molecule has 0 aliphatic heterocycles. The molecule has 1 heterocycles. The lowest BCUT2D eigenvalue weighted by atomic mass is 10.3. The first-order valence-corrected chi connectivity index (χ1v) is 10.7. The molecule has 3 aromatic rings. The smallest absolute Gasteiger partial charge is 0.233 e. The average molecular weight is 447 g/mol. The van der Waals surface area contributed by atoms with E-state index in [9.17, 15) is 4.79 Å². The van der Waals surface area contributed by atoms with Gasteiger partial charge in [0.05, 0.1) is 11.9 Å². The van der Waals surface area contributed by atoms with Crippen LogP contribution in [-0.2, 0) is 11.4 Å². The number of hydrogen-bond acceptors (Lipinski definition) is 6. The molecule has 3 rings (SSSR count). The lowest BCUT2D eigenvalue weighted by Gasteiger charge is -2.13. The lowest BCUT2D eigenvalue weighted by Crippen LogP contribution is -2.27. The summed E-state index contributed by atoms with van der Waals surface area (Å²) in [5.74, 6) is 2.00. The monoisotopic (exact) mass is 446 g/mol. The SMILES string of the molecule is CCOc1ccc(OCc2nnc(SC(C)C(=O)NC)n2-c2ccc(Cl)cc2)cc1. The van der Waals surface area contributed by atoms with Crippen LogP contribution in [0.25, 0.3) is 5.69 Å². The largest absolute Gasteiger partial charge is 0.494 e. The molecule has 30 heavy (non-hydrogen) atoms. The van der Waals surface area contributed by atoms with Crippen LogP contribution >= 0.6 is 23.4 Å². The van der Waals surface area contributed by atoms with Crippen molar-refractivity contribution in [3.8, 4) is 17.2 Å². The standard InChI is InChI=1S/C21H23ClN4O3S/c1-4-28-17-9-11-18(12-10-17)29-13-19-24-25-21(30-14(2)20(27)23-3)26(19)16-7-5-15(22)6-8-16/h5-12,14H,4,13H2,1-3H3,(H,23,27). The molecular weight excluding hydrogens is 424 g/mol. The van der Waals surface area contributed by atoms with Crippen molar-refractivity contribution in [3.63, 3.8) is 0 Å². The van der Waals surface area contributed by atoms with Gasteiger partial charge in [-0.15, -0.1) is 10.2 Å². The summed E-state index contributed by atoms with van der Waals surface area (Å²) in [5.41, 5.74) is 0.835. The number of benzene rings is 2. The molecule has 1 aromatic heterocycles. The number of thioether (sulfide) groups is 1. The highest BCUT2D eigenvalue weighted by atomic mass is 35.5. The van der Waals surface area contributed by atoms with Crippen molar-refractivity contribution in [1.82, 2.24) is 20.1 Å². The molecule has 7 nitrogen and oxygen atoms in total. The molecule has 1 atom stereocenters.